The summed E-state index contributed by atoms with van der Waals surface area (Å²) in [4.78, 5) is 0. The van der Waals surface area contributed by atoms with E-state index in [1.165, 1.54) is 24.3 Å². The Morgan fingerprint density at radius 3 is 2.31 bits per heavy atom. The van der Waals surface area contributed by atoms with Crippen LogP contribution < -0.4 is 4.74 Å². The third-order valence-corrected chi connectivity index (χ3v) is 5.32. The summed E-state index contributed by atoms with van der Waals surface area (Å²) in [5.74, 6) is -1.25. The van der Waals surface area contributed by atoms with E-state index in [1.54, 1.807) is 0 Å². The van der Waals surface area contributed by atoms with Crippen molar-refractivity contribution in [3.8, 4) is 28.7 Å². The summed E-state index contributed by atoms with van der Waals surface area (Å²) in [5.41, 5.74) is 0.488. The van der Waals surface area contributed by atoms with Crippen molar-refractivity contribution < 1.29 is 55.1 Å². The number of ether oxygens (including phenoxy) is 3. The van der Waals surface area contributed by atoms with Crippen molar-refractivity contribution in [2.45, 2.75) is 37.1 Å². The number of rotatable bonds is 4. The van der Waals surface area contributed by atoms with Crippen LogP contribution in [0.5, 0.6) is 28.7 Å². The summed E-state index contributed by atoms with van der Waals surface area (Å²) in [6, 6.07) is 6.18. The van der Waals surface area contributed by atoms with E-state index in [0.717, 1.165) is 6.07 Å². The van der Waals surface area contributed by atoms with Crippen LogP contribution in [0.25, 0.3) is 5.76 Å². The van der Waals surface area contributed by atoms with E-state index in [9.17, 15) is 40.9 Å². The van der Waals surface area contributed by atoms with Gasteiger partial charge >= 0.3 is 0 Å². The molecular weight excluding hydrogens is 428 g/mol. The highest BCUT2D eigenvalue weighted by Gasteiger charge is 2.45. The second kappa shape index (κ2) is 8.37. The fourth-order valence-corrected chi connectivity index (χ4v) is 3.58. The first-order chi connectivity index (χ1) is 15.2. The lowest BCUT2D eigenvalue weighted by molar-refractivity contribution is -0.291. The Labute approximate surface area is 181 Å². The Morgan fingerprint density at radius 2 is 1.62 bits per heavy atom. The molecule has 2 heterocycles. The lowest BCUT2D eigenvalue weighted by Gasteiger charge is -2.40. The molecule has 32 heavy (non-hydrogen) atoms. The number of benzene rings is 2. The molecule has 0 spiro atoms. The molecule has 0 bridgehead atoms. The van der Waals surface area contributed by atoms with Gasteiger partial charge in [0.15, 0.2) is 17.3 Å². The van der Waals surface area contributed by atoms with E-state index < -0.39 is 43.1 Å². The number of hydrogen-bond donors (Lipinski definition) is 8. The van der Waals surface area contributed by atoms with Gasteiger partial charge in [-0.2, -0.15) is 0 Å². The standard InChI is InChI=1S/C21H22O11/c22-7-16-17(27)18(28)19(29)21(32-16)31-15-6-10-12(25)4-9(23)5-14(10)30-20(15)8-1-2-11(24)13(26)3-8/h1-5,16-19,21-29H,6-7H2/t16-,17-,18+,19+,21?/m1/s1. The second-order valence-corrected chi connectivity index (χ2v) is 7.49. The van der Waals surface area contributed by atoms with Gasteiger partial charge in [-0.25, -0.2) is 0 Å². The Balaban J connectivity index is 1.75. The van der Waals surface area contributed by atoms with Crippen LogP contribution in [0.15, 0.2) is 36.1 Å². The molecule has 11 heteroatoms. The van der Waals surface area contributed by atoms with Crippen LogP contribution in [-0.4, -0.2) is 78.2 Å². The van der Waals surface area contributed by atoms with Gasteiger partial charge in [-0.1, -0.05) is 0 Å². The normalized spacial score (nSPS) is 27.6. The first kappa shape index (κ1) is 22.0. The minimum absolute atomic E-state index is 0.00732. The van der Waals surface area contributed by atoms with E-state index in [4.69, 9.17) is 14.2 Å². The maximum absolute atomic E-state index is 10.3. The van der Waals surface area contributed by atoms with Crippen molar-refractivity contribution in [3.05, 3.63) is 47.2 Å². The fraction of sp³-hybridized carbons (Fsp3) is 0.333. The van der Waals surface area contributed by atoms with Gasteiger partial charge in [-0.3, -0.25) is 0 Å². The Morgan fingerprint density at radius 1 is 0.875 bits per heavy atom. The van der Waals surface area contributed by atoms with E-state index in [0.29, 0.717) is 0 Å². The van der Waals surface area contributed by atoms with E-state index in [2.05, 4.69) is 0 Å². The summed E-state index contributed by atoms with van der Waals surface area (Å²) in [7, 11) is 0. The van der Waals surface area contributed by atoms with Gasteiger partial charge in [-0.05, 0) is 18.2 Å². The lowest BCUT2D eigenvalue weighted by atomic mass is 9.98. The molecule has 0 radical (unpaired) electrons. The number of aromatic hydroxyl groups is 4. The maximum Gasteiger partial charge on any atom is 0.228 e. The molecule has 8 N–H and O–H groups in total. The number of phenols is 4. The summed E-state index contributed by atoms with van der Waals surface area (Å²) in [6.07, 6.45) is -7.77. The molecule has 2 aromatic carbocycles. The minimum atomic E-state index is -1.69. The highest BCUT2D eigenvalue weighted by molar-refractivity contribution is 5.71. The minimum Gasteiger partial charge on any atom is -0.508 e. The smallest absolute Gasteiger partial charge is 0.228 e. The summed E-state index contributed by atoms with van der Waals surface area (Å²) < 4.78 is 16.9. The zero-order chi connectivity index (χ0) is 23.2. The van der Waals surface area contributed by atoms with Crippen LogP contribution in [0.3, 0.4) is 0 Å². The third-order valence-electron chi connectivity index (χ3n) is 5.32. The molecule has 2 aliphatic rings. The number of aliphatic hydroxyl groups is 4. The van der Waals surface area contributed by atoms with Gasteiger partial charge in [-0.15, -0.1) is 0 Å². The second-order valence-electron chi connectivity index (χ2n) is 7.49. The summed E-state index contributed by atoms with van der Waals surface area (Å²) in [6.45, 7) is -0.651. The topological polar surface area (TPSA) is 190 Å². The van der Waals surface area contributed by atoms with Crippen LogP contribution in [0.4, 0.5) is 0 Å². The predicted molar refractivity (Wildman–Crippen MR) is 106 cm³/mol. The first-order valence-corrected chi connectivity index (χ1v) is 9.65. The van der Waals surface area contributed by atoms with Crippen LogP contribution >= 0.6 is 0 Å². The highest BCUT2D eigenvalue weighted by Crippen LogP contribution is 2.43. The van der Waals surface area contributed by atoms with Gasteiger partial charge in [0.25, 0.3) is 0 Å². The number of hydrogen-bond acceptors (Lipinski definition) is 11. The maximum atomic E-state index is 10.3. The molecule has 1 unspecified atom stereocenters. The Bertz CT molecular complexity index is 1050. The van der Waals surface area contributed by atoms with Crippen molar-refractivity contribution in [1.29, 1.82) is 0 Å². The number of allylic oxidation sites excluding steroid dienone is 1. The van der Waals surface area contributed by atoms with Crippen LogP contribution in [0.2, 0.25) is 0 Å². The molecule has 0 aromatic heterocycles. The molecule has 0 saturated carbocycles. The van der Waals surface area contributed by atoms with Crippen molar-refractivity contribution in [2.75, 3.05) is 6.61 Å². The molecule has 4 rings (SSSR count). The number of aliphatic hydroxyl groups excluding tert-OH is 4. The van der Waals surface area contributed by atoms with E-state index in [1.807, 2.05) is 0 Å². The Hall–Kier alpha value is -3.22. The van der Waals surface area contributed by atoms with Gasteiger partial charge in [0.2, 0.25) is 6.29 Å². The lowest BCUT2D eigenvalue weighted by Crippen LogP contribution is -2.59. The molecule has 1 fully saturated rings. The fourth-order valence-electron chi connectivity index (χ4n) is 3.58. The quantitative estimate of drug-likeness (QED) is 0.284. The summed E-state index contributed by atoms with van der Waals surface area (Å²) in [5, 5.41) is 79.2. The van der Waals surface area contributed by atoms with E-state index in [-0.39, 0.29) is 52.1 Å². The molecule has 2 aliphatic heterocycles. The average Bonchev–Trinajstić information content (AvgIpc) is 2.76. The largest absolute Gasteiger partial charge is 0.508 e. The van der Waals surface area contributed by atoms with Gasteiger partial charge < -0.3 is 55.1 Å². The van der Waals surface area contributed by atoms with Crippen LogP contribution in [-0.2, 0) is 15.9 Å². The van der Waals surface area contributed by atoms with Crippen molar-refractivity contribution in [3.63, 3.8) is 0 Å². The number of fused-ring (bicyclic) bond motifs is 1. The molecule has 2 aromatic rings. The third kappa shape index (κ3) is 3.87. The molecule has 11 nitrogen and oxygen atoms in total. The van der Waals surface area contributed by atoms with Gasteiger partial charge in [0.1, 0.15) is 47.4 Å². The summed E-state index contributed by atoms with van der Waals surface area (Å²) >= 11 is 0. The molecule has 5 atom stereocenters. The predicted octanol–water partition coefficient (Wildman–Crippen LogP) is -0.371. The van der Waals surface area contributed by atoms with Crippen LogP contribution in [0, 0.1) is 0 Å². The zero-order valence-corrected chi connectivity index (χ0v) is 16.5. The highest BCUT2D eigenvalue weighted by atomic mass is 16.7. The van der Waals surface area contributed by atoms with Gasteiger partial charge in [0, 0.05) is 29.7 Å². The molecule has 172 valence electrons. The molecule has 1 saturated heterocycles. The van der Waals surface area contributed by atoms with Crippen molar-refractivity contribution >= 4 is 5.76 Å². The first-order valence-electron chi connectivity index (χ1n) is 9.65. The average molecular weight is 450 g/mol. The van der Waals surface area contributed by atoms with Crippen molar-refractivity contribution in [2.24, 2.45) is 0 Å². The number of phenolic OH excluding ortho intramolecular Hbond substituents is 4. The van der Waals surface area contributed by atoms with E-state index >= 15 is 0 Å². The SMILES string of the molecule is OC[C@H]1OC(OC2=C(c3ccc(O)c(O)c3)Oc3cc(O)cc(O)c3C2)[C@@H](O)[C@@H](O)[C@@H]1O. The molecule has 0 aliphatic carbocycles. The zero-order valence-electron chi connectivity index (χ0n) is 16.5. The van der Waals surface area contributed by atoms with Crippen molar-refractivity contribution in [1.82, 2.24) is 0 Å². The van der Waals surface area contributed by atoms with Crippen LogP contribution in [0.1, 0.15) is 11.1 Å². The monoisotopic (exact) mass is 450 g/mol. The molecule has 0 amide bonds. The molecular formula is C21H22O11. The van der Waals surface area contributed by atoms with Gasteiger partial charge in [0.05, 0.1) is 6.61 Å². The Kier molecular flexibility index (Phi) is 5.75.